The zero-order valence-electron chi connectivity index (χ0n) is 15.6. The molecular weight excluding hydrogens is 344 g/mol. The number of benzene rings is 1. The number of nitrogens with zero attached hydrogens (tertiary/aromatic N) is 1. The van der Waals surface area contributed by atoms with Gasteiger partial charge in [0.2, 0.25) is 0 Å². The fourth-order valence-electron chi connectivity index (χ4n) is 3.67. The molecule has 0 saturated carbocycles. The van der Waals surface area contributed by atoms with Gasteiger partial charge in [0.15, 0.2) is 0 Å². The number of nitrogens with one attached hydrogen (secondary N) is 1. The molecule has 1 aliphatic rings. The lowest BCUT2D eigenvalue weighted by Gasteiger charge is -2.33. The maximum atomic E-state index is 12.6. The van der Waals surface area contributed by atoms with Crippen LogP contribution in [0.3, 0.4) is 0 Å². The third kappa shape index (κ3) is 2.56. The maximum Gasteiger partial charge on any atom is 0.355 e. The van der Waals surface area contributed by atoms with Gasteiger partial charge in [-0.25, -0.2) is 4.79 Å². The van der Waals surface area contributed by atoms with Crippen LogP contribution < -0.4 is 9.47 Å². The smallest absolute Gasteiger partial charge is 0.355 e. The van der Waals surface area contributed by atoms with E-state index < -0.39 is 11.6 Å². The number of carbonyl (C=O) groups is 1. The molecule has 3 heterocycles. The Hall–Kier alpha value is -3.28. The number of para-hydroxylation sites is 1. The minimum absolute atomic E-state index is 0.369. The van der Waals surface area contributed by atoms with Gasteiger partial charge < -0.3 is 19.2 Å². The average molecular weight is 364 g/mol. The molecule has 6 nitrogen and oxygen atoms in total. The van der Waals surface area contributed by atoms with Crippen LogP contribution in [0.4, 0.5) is 0 Å². The molecule has 0 aliphatic carbocycles. The highest BCUT2D eigenvalue weighted by molar-refractivity contribution is 6.01. The monoisotopic (exact) mass is 364 g/mol. The third-order valence-electron chi connectivity index (χ3n) is 4.79. The van der Waals surface area contributed by atoms with E-state index in [-0.39, 0.29) is 0 Å². The molecule has 138 valence electrons. The van der Waals surface area contributed by atoms with Crippen molar-refractivity contribution < 1.29 is 19.0 Å². The topological polar surface area (TPSA) is 73.4 Å². The van der Waals surface area contributed by atoms with Gasteiger partial charge in [0.1, 0.15) is 22.8 Å². The molecule has 3 aromatic rings. The molecule has 0 bridgehead atoms. The molecule has 0 saturated heterocycles. The Morgan fingerprint density at radius 2 is 1.93 bits per heavy atom. The van der Waals surface area contributed by atoms with Crippen LogP contribution in [0.15, 0.2) is 42.7 Å². The molecule has 4 rings (SSSR count). The molecule has 1 aromatic carbocycles. The van der Waals surface area contributed by atoms with E-state index in [1.165, 1.54) is 7.11 Å². The first-order chi connectivity index (χ1) is 13.0. The van der Waals surface area contributed by atoms with Crippen molar-refractivity contribution in [2.24, 2.45) is 0 Å². The van der Waals surface area contributed by atoms with Gasteiger partial charge in [0.25, 0.3) is 0 Å². The Kier molecular flexibility index (Phi) is 3.91. The van der Waals surface area contributed by atoms with Gasteiger partial charge in [0, 0.05) is 28.5 Å². The number of rotatable bonds is 3. The molecule has 1 aliphatic heterocycles. The Morgan fingerprint density at radius 3 is 2.67 bits per heavy atom. The summed E-state index contributed by atoms with van der Waals surface area (Å²) in [5, 5.41) is 0. The summed E-state index contributed by atoms with van der Waals surface area (Å²) in [6, 6.07) is 9.46. The van der Waals surface area contributed by atoms with E-state index in [1.54, 1.807) is 19.5 Å². The highest BCUT2D eigenvalue weighted by Gasteiger charge is 2.40. The lowest BCUT2D eigenvalue weighted by molar-refractivity contribution is 0.0595. The van der Waals surface area contributed by atoms with Crippen LogP contribution in [0, 0.1) is 0 Å². The van der Waals surface area contributed by atoms with E-state index >= 15 is 0 Å². The number of hydrogen-bond donors (Lipinski definition) is 1. The number of ether oxygens (including phenoxy) is 3. The van der Waals surface area contributed by atoms with E-state index in [1.807, 2.05) is 44.2 Å². The number of methoxy groups -OCH3 is 2. The molecule has 0 atom stereocenters. The second-order valence-electron chi connectivity index (χ2n) is 6.80. The number of esters is 1. The van der Waals surface area contributed by atoms with Crippen molar-refractivity contribution in [2.45, 2.75) is 19.4 Å². The summed E-state index contributed by atoms with van der Waals surface area (Å²) >= 11 is 0. The molecule has 2 aromatic heterocycles. The number of fused-ring (bicyclic) bond motifs is 3. The van der Waals surface area contributed by atoms with E-state index in [2.05, 4.69) is 9.97 Å². The average Bonchev–Trinajstić information content (AvgIpc) is 3.09. The fourth-order valence-corrected chi connectivity index (χ4v) is 3.67. The Bertz CT molecular complexity index is 1040. The van der Waals surface area contributed by atoms with Crippen molar-refractivity contribution in [1.82, 2.24) is 9.97 Å². The highest BCUT2D eigenvalue weighted by atomic mass is 16.5. The number of aromatic amines is 1. The van der Waals surface area contributed by atoms with Crippen molar-refractivity contribution in [3.8, 4) is 33.9 Å². The van der Waals surface area contributed by atoms with Crippen molar-refractivity contribution in [1.29, 1.82) is 0 Å². The van der Waals surface area contributed by atoms with Crippen molar-refractivity contribution in [3.63, 3.8) is 0 Å². The lowest BCUT2D eigenvalue weighted by Crippen LogP contribution is -2.29. The van der Waals surface area contributed by atoms with Gasteiger partial charge in [-0.15, -0.1) is 0 Å². The number of carbonyl (C=O) groups excluding carboxylic acids is 1. The SMILES string of the molecule is COC(=O)c1[nH]c2c(c1-c1ccccc1OC)C(C)(C)Oc1cnccc1-2. The minimum Gasteiger partial charge on any atom is -0.496 e. The van der Waals surface area contributed by atoms with E-state index in [0.717, 1.165) is 27.9 Å². The minimum atomic E-state index is -0.690. The van der Waals surface area contributed by atoms with E-state index in [0.29, 0.717) is 17.2 Å². The second-order valence-corrected chi connectivity index (χ2v) is 6.80. The molecule has 0 spiro atoms. The predicted molar refractivity (Wildman–Crippen MR) is 101 cm³/mol. The third-order valence-corrected chi connectivity index (χ3v) is 4.79. The van der Waals surface area contributed by atoms with E-state index in [9.17, 15) is 4.79 Å². The Balaban J connectivity index is 2.11. The largest absolute Gasteiger partial charge is 0.496 e. The molecule has 0 unspecified atom stereocenters. The van der Waals surface area contributed by atoms with Crippen molar-refractivity contribution in [3.05, 3.63) is 54.0 Å². The first-order valence-corrected chi connectivity index (χ1v) is 8.59. The summed E-state index contributed by atoms with van der Waals surface area (Å²) in [6.07, 6.45) is 3.38. The summed E-state index contributed by atoms with van der Waals surface area (Å²) in [5.74, 6) is 0.886. The molecule has 27 heavy (non-hydrogen) atoms. The van der Waals surface area contributed by atoms with Gasteiger partial charge in [-0.05, 0) is 26.0 Å². The van der Waals surface area contributed by atoms with Crippen molar-refractivity contribution in [2.75, 3.05) is 14.2 Å². The number of pyridine rings is 1. The zero-order chi connectivity index (χ0) is 19.2. The summed E-state index contributed by atoms with van der Waals surface area (Å²) in [4.78, 5) is 20.0. The van der Waals surface area contributed by atoms with Crippen molar-refractivity contribution >= 4 is 5.97 Å². The molecule has 6 heteroatoms. The van der Waals surface area contributed by atoms with Gasteiger partial charge in [-0.1, -0.05) is 18.2 Å². The van der Waals surface area contributed by atoms with Crippen LogP contribution in [0.1, 0.15) is 29.9 Å². The number of hydrogen-bond acceptors (Lipinski definition) is 5. The standard InChI is InChI=1S/C21H20N2O4/c1-21(2)17-16(12-7-5-6-8-14(12)25-3)19(20(24)26-4)23-18(17)13-9-10-22-11-15(13)27-21/h5-11,23H,1-4H3. The van der Waals surface area contributed by atoms with Gasteiger partial charge in [-0.2, -0.15) is 0 Å². The summed E-state index contributed by atoms with van der Waals surface area (Å²) in [6.45, 7) is 3.94. The first kappa shape index (κ1) is 17.1. The predicted octanol–water partition coefficient (Wildman–Crippen LogP) is 4.17. The van der Waals surface area contributed by atoms with Gasteiger partial charge >= 0.3 is 5.97 Å². The maximum absolute atomic E-state index is 12.6. The van der Waals surface area contributed by atoms with Gasteiger partial charge in [0.05, 0.1) is 26.1 Å². The zero-order valence-corrected chi connectivity index (χ0v) is 15.6. The van der Waals surface area contributed by atoms with Crippen LogP contribution in [-0.4, -0.2) is 30.2 Å². The summed E-state index contributed by atoms with van der Waals surface area (Å²) in [5.41, 5.74) is 3.76. The van der Waals surface area contributed by atoms with Crippen LogP contribution in [0.2, 0.25) is 0 Å². The fraction of sp³-hybridized carbons (Fsp3) is 0.238. The quantitative estimate of drug-likeness (QED) is 0.706. The Labute approximate surface area is 157 Å². The molecule has 0 radical (unpaired) electrons. The lowest BCUT2D eigenvalue weighted by atomic mass is 9.85. The summed E-state index contributed by atoms with van der Waals surface area (Å²) < 4.78 is 16.8. The molecule has 1 N–H and O–H groups in total. The molecular formula is C21H20N2O4. The first-order valence-electron chi connectivity index (χ1n) is 8.59. The van der Waals surface area contributed by atoms with Gasteiger partial charge in [-0.3, -0.25) is 4.98 Å². The highest BCUT2D eigenvalue weighted by Crippen LogP contribution is 2.50. The van der Waals surface area contributed by atoms with Crippen LogP contribution in [0.5, 0.6) is 11.5 Å². The molecule has 0 amide bonds. The van der Waals surface area contributed by atoms with Crippen LogP contribution in [-0.2, 0) is 10.3 Å². The van der Waals surface area contributed by atoms with Crippen LogP contribution in [0.25, 0.3) is 22.4 Å². The number of H-pyrrole nitrogens is 1. The summed E-state index contributed by atoms with van der Waals surface area (Å²) in [7, 11) is 2.98. The second kappa shape index (κ2) is 6.16. The Morgan fingerprint density at radius 1 is 1.15 bits per heavy atom. The molecule has 0 fully saturated rings. The van der Waals surface area contributed by atoms with E-state index in [4.69, 9.17) is 14.2 Å². The normalized spacial score (nSPS) is 13.9. The van der Waals surface area contributed by atoms with Crippen LogP contribution >= 0.6 is 0 Å². The number of aromatic nitrogens is 2.